The van der Waals surface area contributed by atoms with Crippen LogP contribution in [-0.4, -0.2) is 81.0 Å². The summed E-state index contributed by atoms with van der Waals surface area (Å²) in [6, 6.07) is -0.873. The maximum absolute atomic E-state index is 12.9. The number of nitrogens with zero attached hydrogens (tertiary/aromatic N) is 2. The average Bonchev–Trinajstić information content (AvgIpc) is 2.76. The molecule has 0 aromatic rings. The molecule has 0 radical (unpaired) electrons. The quantitative estimate of drug-likeness (QED) is 0.616. The van der Waals surface area contributed by atoms with E-state index in [4.69, 9.17) is 4.74 Å². The number of fused-ring (bicyclic) bond motifs is 1. The summed E-state index contributed by atoms with van der Waals surface area (Å²) < 4.78 is 43.9. The molecule has 0 saturated carbocycles. The van der Waals surface area contributed by atoms with Crippen molar-refractivity contribution in [1.82, 2.24) is 4.90 Å². The zero-order chi connectivity index (χ0) is 16.2. The van der Waals surface area contributed by atoms with Crippen molar-refractivity contribution in [2.45, 2.75) is 48.5 Å². The van der Waals surface area contributed by atoms with Crippen LogP contribution in [0.15, 0.2) is 4.99 Å². The van der Waals surface area contributed by atoms with Crippen molar-refractivity contribution in [1.29, 1.82) is 0 Å². The highest BCUT2D eigenvalue weighted by atomic mass is 32.2. The number of aliphatic hydroxyl groups excluding tert-OH is 2. The van der Waals surface area contributed by atoms with E-state index in [1.165, 1.54) is 0 Å². The van der Waals surface area contributed by atoms with Gasteiger partial charge in [-0.25, -0.2) is 0 Å². The molecule has 21 heavy (non-hydrogen) atoms. The largest absolute Gasteiger partial charge is 0.419 e. The van der Waals surface area contributed by atoms with E-state index in [9.17, 15) is 28.5 Å². The second-order valence-corrected chi connectivity index (χ2v) is 6.53. The lowest BCUT2D eigenvalue weighted by Crippen LogP contribution is -2.66. The number of hydrogen-bond donors (Lipinski definition) is 3. The molecule has 10 heteroatoms. The van der Waals surface area contributed by atoms with E-state index in [2.05, 4.69) is 4.99 Å². The van der Waals surface area contributed by atoms with E-state index >= 15 is 0 Å². The molecule has 1 saturated heterocycles. The van der Waals surface area contributed by atoms with Crippen molar-refractivity contribution >= 4 is 16.9 Å². The second-order valence-electron chi connectivity index (χ2n) is 5.47. The Labute approximate surface area is 123 Å². The first-order valence-corrected chi connectivity index (χ1v) is 7.07. The molecule has 0 unspecified atom stereocenters. The molecule has 122 valence electrons. The number of thioether (sulfide) groups is 1. The average molecular weight is 330 g/mol. The van der Waals surface area contributed by atoms with Crippen molar-refractivity contribution < 1.29 is 33.2 Å². The monoisotopic (exact) mass is 330 g/mol. The van der Waals surface area contributed by atoms with Crippen LogP contribution in [0.25, 0.3) is 0 Å². The first kappa shape index (κ1) is 16.8. The lowest BCUT2D eigenvalue weighted by atomic mass is 9.87. The van der Waals surface area contributed by atoms with Crippen LogP contribution in [0.4, 0.5) is 13.2 Å². The predicted molar refractivity (Wildman–Crippen MR) is 69.9 cm³/mol. The van der Waals surface area contributed by atoms with Crippen LogP contribution in [0, 0.1) is 0 Å². The minimum atomic E-state index is -5.00. The van der Waals surface area contributed by atoms with Crippen LogP contribution >= 0.6 is 11.8 Å². The lowest BCUT2D eigenvalue weighted by molar-refractivity contribution is -0.317. The zero-order valence-corrected chi connectivity index (χ0v) is 12.4. The fourth-order valence-electron chi connectivity index (χ4n) is 2.19. The number of aliphatic hydroxyl groups is 3. The molecule has 6 nitrogen and oxygen atoms in total. The van der Waals surface area contributed by atoms with Gasteiger partial charge in [-0.2, -0.15) is 13.2 Å². The number of halogens is 3. The first-order valence-electron chi connectivity index (χ1n) is 6.19. The normalized spacial score (nSPS) is 39.5. The zero-order valence-electron chi connectivity index (χ0n) is 11.6. The Balaban J connectivity index is 2.25. The highest BCUT2D eigenvalue weighted by Crippen LogP contribution is 2.43. The second kappa shape index (κ2) is 5.27. The summed E-state index contributed by atoms with van der Waals surface area (Å²) >= 11 is 1.04. The van der Waals surface area contributed by atoms with E-state index in [0.29, 0.717) is 12.1 Å². The highest BCUT2D eigenvalue weighted by molar-refractivity contribution is 8.14. The number of hydrogen-bond acceptors (Lipinski definition) is 7. The van der Waals surface area contributed by atoms with Crippen LogP contribution in [0.1, 0.15) is 6.92 Å². The maximum atomic E-state index is 12.9. The lowest BCUT2D eigenvalue weighted by Gasteiger charge is -2.44. The third-order valence-corrected chi connectivity index (χ3v) is 4.86. The number of rotatable bonds is 1. The van der Waals surface area contributed by atoms with E-state index in [0.717, 1.165) is 11.8 Å². The molecule has 0 aromatic carbocycles. The van der Waals surface area contributed by atoms with Crippen LogP contribution in [0.5, 0.6) is 0 Å². The topological polar surface area (TPSA) is 85.5 Å². The molecule has 0 aromatic heterocycles. The van der Waals surface area contributed by atoms with E-state index in [1.807, 2.05) is 0 Å². The van der Waals surface area contributed by atoms with Gasteiger partial charge in [0.2, 0.25) is 0 Å². The molecule has 0 aliphatic carbocycles. The summed E-state index contributed by atoms with van der Waals surface area (Å²) in [6.07, 6.45) is -10.4. The van der Waals surface area contributed by atoms with Crippen molar-refractivity contribution in [2.75, 3.05) is 14.1 Å². The van der Waals surface area contributed by atoms with Crippen molar-refractivity contribution in [2.24, 2.45) is 4.99 Å². The van der Waals surface area contributed by atoms with E-state index in [1.54, 1.807) is 19.0 Å². The van der Waals surface area contributed by atoms with Gasteiger partial charge in [-0.3, -0.25) is 4.99 Å². The Kier molecular flexibility index (Phi) is 4.22. The fourth-order valence-corrected chi connectivity index (χ4v) is 3.33. The predicted octanol–water partition coefficient (Wildman–Crippen LogP) is -0.221. The summed E-state index contributed by atoms with van der Waals surface area (Å²) in [4.78, 5) is 5.75. The van der Waals surface area contributed by atoms with Gasteiger partial charge in [0.1, 0.15) is 29.8 Å². The van der Waals surface area contributed by atoms with Gasteiger partial charge < -0.3 is 25.0 Å². The summed E-state index contributed by atoms with van der Waals surface area (Å²) in [5, 5.41) is 30.0. The molecule has 0 spiro atoms. The Morgan fingerprint density at radius 2 is 1.81 bits per heavy atom. The smallest absolute Gasteiger partial charge is 0.388 e. The Bertz CT molecular complexity index is 444. The molecule has 2 rings (SSSR count). The number of ether oxygens (including phenoxy) is 1. The molecule has 0 bridgehead atoms. The molecule has 0 amide bonds. The molecular formula is C11H17F3N2O4S. The van der Waals surface area contributed by atoms with Gasteiger partial charge in [0.05, 0.1) is 0 Å². The van der Waals surface area contributed by atoms with Gasteiger partial charge in [-0.05, 0) is 6.92 Å². The van der Waals surface area contributed by atoms with E-state index in [-0.39, 0.29) is 0 Å². The van der Waals surface area contributed by atoms with Gasteiger partial charge in [0.25, 0.3) is 0 Å². The molecule has 2 aliphatic rings. The molecule has 2 aliphatic heterocycles. The SMILES string of the molecule is CN(C)C1=N[C@@H]2[C@@H](O)[C@H](O)[C@@H]([C@](C)(O)C(F)(F)F)O[C@@H]2S1. The fraction of sp³-hybridized carbons (Fsp3) is 0.909. The number of aliphatic imine (C=N–C) groups is 1. The summed E-state index contributed by atoms with van der Waals surface area (Å²) in [5.41, 5.74) is -4.17. The van der Waals surface area contributed by atoms with Crippen LogP contribution < -0.4 is 0 Å². The van der Waals surface area contributed by atoms with Gasteiger partial charge in [-0.15, -0.1) is 0 Å². The Morgan fingerprint density at radius 3 is 2.29 bits per heavy atom. The van der Waals surface area contributed by atoms with Crippen molar-refractivity contribution in [3.8, 4) is 0 Å². The molecule has 2 heterocycles. The molecule has 6 atom stereocenters. The summed E-state index contributed by atoms with van der Waals surface area (Å²) in [6.45, 7) is 0.515. The van der Waals surface area contributed by atoms with Gasteiger partial charge >= 0.3 is 6.18 Å². The van der Waals surface area contributed by atoms with Gasteiger partial charge in [0.15, 0.2) is 10.8 Å². The Morgan fingerprint density at radius 1 is 1.24 bits per heavy atom. The van der Waals surface area contributed by atoms with Crippen molar-refractivity contribution in [3.05, 3.63) is 0 Å². The minimum Gasteiger partial charge on any atom is -0.388 e. The van der Waals surface area contributed by atoms with Gasteiger partial charge in [0, 0.05) is 14.1 Å². The first-order chi connectivity index (χ1) is 9.46. The third-order valence-electron chi connectivity index (χ3n) is 3.56. The van der Waals surface area contributed by atoms with Crippen LogP contribution in [0.2, 0.25) is 0 Å². The van der Waals surface area contributed by atoms with Crippen molar-refractivity contribution in [3.63, 3.8) is 0 Å². The van der Waals surface area contributed by atoms with E-state index < -0.39 is 41.6 Å². The number of amidine groups is 1. The van der Waals surface area contributed by atoms with Crippen LogP contribution in [-0.2, 0) is 4.74 Å². The standard InChI is InChI=1S/C11H17F3N2O4S/c1-10(19,11(12,13)14)7-6(18)5(17)4-8(20-7)21-9(15-4)16(2)3/h4-8,17-19H,1-3H3/t4-,5-,6+,7+,8-,10+/m1/s1. The van der Waals surface area contributed by atoms with Gasteiger partial charge in [-0.1, -0.05) is 11.8 Å². The third kappa shape index (κ3) is 2.74. The van der Waals surface area contributed by atoms with Crippen LogP contribution in [0.3, 0.4) is 0 Å². The molecule has 1 fully saturated rings. The highest BCUT2D eigenvalue weighted by Gasteiger charge is 2.62. The Hall–Kier alpha value is -0.550. The summed E-state index contributed by atoms with van der Waals surface area (Å²) in [7, 11) is 3.38. The minimum absolute atomic E-state index is 0.476. The summed E-state index contributed by atoms with van der Waals surface area (Å²) in [5.74, 6) is 0. The molecular weight excluding hydrogens is 313 g/mol. The molecule has 3 N–H and O–H groups in total. The number of alkyl halides is 3. The maximum Gasteiger partial charge on any atom is 0.419 e.